The first-order valence-corrected chi connectivity index (χ1v) is 10.5. The molecule has 0 radical (unpaired) electrons. The SMILES string of the molecule is Cc1ccc(C)n1-c1ccc(C(=O)N2CCN(C(C)C(=O)NC3CC3)CC2)cc1. The van der Waals surface area contributed by atoms with Crippen molar-refractivity contribution in [2.45, 2.75) is 45.7 Å². The highest BCUT2D eigenvalue weighted by Gasteiger charge is 2.31. The molecule has 2 amide bonds. The van der Waals surface area contributed by atoms with Crippen molar-refractivity contribution in [2.24, 2.45) is 0 Å². The minimum Gasteiger partial charge on any atom is -0.352 e. The molecule has 1 saturated heterocycles. The van der Waals surface area contributed by atoms with Gasteiger partial charge in [0.15, 0.2) is 0 Å². The normalized spacial score (nSPS) is 18.5. The van der Waals surface area contributed by atoms with Crippen LogP contribution in [0.4, 0.5) is 0 Å². The lowest BCUT2D eigenvalue weighted by Crippen LogP contribution is -2.55. The van der Waals surface area contributed by atoms with E-state index in [1.807, 2.05) is 36.1 Å². The molecule has 1 aliphatic carbocycles. The highest BCUT2D eigenvalue weighted by molar-refractivity contribution is 5.94. The lowest BCUT2D eigenvalue weighted by Gasteiger charge is -2.37. The largest absolute Gasteiger partial charge is 0.352 e. The first kappa shape index (κ1) is 19.7. The molecule has 154 valence electrons. The maximum Gasteiger partial charge on any atom is 0.253 e. The van der Waals surface area contributed by atoms with E-state index >= 15 is 0 Å². The summed E-state index contributed by atoms with van der Waals surface area (Å²) in [5, 5.41) is 3.07. The Kier molecular flexibility index (Phi) is 5.46. The van der Waals surface area contributed by atoms with Crippen LogP contribution in [0.2, 0.25) is 0 Å². The third-order valence-corrected chi connectivity index (χ3v) is 6.10. The van der Waals surface area contributed by atoms with Crippen molar-refractivity contribution in [3.05, 3.63) is 53.3 Å². The predicted octanol–water partition coefficient (Wildman–Crippen LogP) is 2.52. The second kappa shape index (κ2) is 8.03. The van der Waals surface area contributed by atoms with Crippen molar-refractivity contribution < 1.29 is 9.59 Å². The van der Waals surface area contributed by atoms with Crippen LogP contribution >= 0.6 is 0 Å². The highest BCUT2D eigenvalue weighted by atomic mass is 16.2. The molecule has 6 nitrogen and oxygen atoms in total. The molecular weight excluding hydrogens is 364 g/mol. The minimum atomic E-state index is -0.139. The maximum atomic E-state index is 12.9. The Morgan fingerprint density at radius 3 is 2.07 bits per heavy atom. The van der Waals surface area contributed by atoms with Gasteiger partial charge in [-0.2, -0.15) is 0 Å². The second-order valence-electron chi connectivity index (χ2n) is 8.29. The minimum absolute atomic E-state index is 0.0623. The third-order valence-electron chi connectivity index (χ3n) is 6.10. The second-order valence-corrected chi connectivity index (χ2v) is 8.29. The summed E-state index contributed by atoms with van der Waals surface area (Å²) < 4.78 is 2.18. The Bertz CT molecular complexity index is 871. The molecule has 4 rings (SSSR count). The first-order chi connectivity index (χ1) is 13.9. The molecular formula is C23H30N4O2. The van der Waals surface area contributed by atoms with Crippen LogP contribution in [0.15, 0.2) is 36.4 Å². The van der Waals surface area contributed by atoms with Crippen molar-refractivity contribution in [1.82, 2.24) is 19.7 Å². The number of rotatable bonds is 5. The monoisotopic (exact) mass is 394 g/mol. The van der Waals surface area contributed by atoms with Gasteiger partial charge in [0.05, 0.1) is 6.04 Å². The number of carbonyl (C=O) groups excluding carboxylic acids is 2. The third kappa shape index (κ3) is 4.22. The van der Waals surface area contributed by atoms with Crippen LogP contribution in [-0.2, 0) is 4.79 Å². The van der Waals surface area contributed by atoms with Gasteiger partial charge in [0.25, 0.3) is 5.91 Å². The van der Waals surface area contributed by atoms with Gasteiger partial charge in [-0.25, -0.2) is 0 Å². The van der Waals surface area contributed by atoms with Crippen LogP contribution in [-0.4, -0.2) is 64.4 Å². The predicted molar refractivity (Wildman–Crippen MR) is 113 cm³/mol. The smallest absolute Gasteiger partial charge is 0.253 e. The van der Waals surface area contributed by atoms with Gasteiger partial charge >= 0.3 is 0 Å². The topological polar surface area (TPSA) is 57.6 Å². The van der Waals surface area contributed by atoms with Crippen molar-refractivity contribution in [3.8, 4) is 5.69 Å². The Morgan fingerprint density at radius 1 is 0.931 bits per heavy atom. The fourth-order valence-electron chi connectivity index (χ4n) is 4.04. The molecule has 0 spiro atoms. The number of amides is 2. The van der Waals surface area contributed by atoms with Gasteiger partial charge in [-0.05, 0) is 70.0 Å². The van der Waals surface area contributed by atoms with Gasteiger partial charge in [0.1, 0.15) is 0 Å². The summed E-state index contributed by atoms with van der Waals surface area (Å²) in [5.74, 6) is 0.172. The standard InChI is InChI=1S/C23H30N4O2/c1-16-4-5-17(2)27(16)21-10-6-19(7-11-21)23(29)26-14-12-25(13-15-26)18(3)22(28)24-20-8-9-20/h4-7,10-11,18,20H,8-9,12-15H2,1-3H3,(H,24,28). The fourth-order valence-corrected chi connectivity index (χ4v) is 4.04. The average molecular weight is 395 g/mol. The van der Waals surface area contributed by atoms with Crippen LogP contribution in [0.3, 0.4) is 0 Å². The van der Waals surface area contributed by atoms with Crippen LogP contribution in [0.25, 0.3) is 5.69 Å². The van der Waals surface area contributed by atoms with Crippen molar-refractivity contribution in [2.75, 3.05) is 26.2 Å². The molecule has 1 saturated carbocycles. The van der Waals surface area contributed by atoms with Gasteiger partial charge in [-0.3, -0.25) is 14.5 Å². The van der Waals surface area contributed by atoms with E-state index < -0.39 is 0 Å². The van der Waals surface area contributed by atoms with Crippen LogP contribution in [0.1, 0.15) is 41.5 Å². The molecule has 1 aromatic heterocycles. The Labute approximate surface area is 172 Å². The Balaban J connectivity index is 1.35. The summed E-state index contributed by atoms with van der Waals surface area (Å²) in [6.07, 6.45) is 2.20. The maximum absolute atomic E-state index is 12.9. The van der Waals surface area contributed by atoms with Crippen LogP contribution in [0, 0.1) is 13.8 Å². The number of aryl methyl sites for hydroxylation is 2. The average Bonchev–Trinajstić information content (AvgIpc) is 3.49. The molecule has 2 heterocycles. The van der Waals surface area contributed by atoms with E-state index in [1.54, 1.807) is 0 Å². The number of carbonyl (C=O) groups is 2. The quantitative estimate of drug-likeness (QED) is 0.848. The molecule has 0 bridgehead atoms. The number of nitrogens with zero attached hydrogens (tertiary/aromatic N) is 3. The van der Waals surface area contributed by atoms with Crippen molar-refractivity contribution in [1.29, 1.82) is 0 Å². The summed E-state index contributed by atoms with van der Waals surface area (Å²) in [6.45, 7) is 8.87. The lowest BCUT2D eigenvalue weighted by molar-refractivity contribution is -0.126. The molecule has 1 aliphatic heterocycles. The molecule has 29 heavy (non-hydrogen) atoms. The van der Waals surface area contributed by atoms with E-state index in [9.17, 15) is 9.59 Å². The Morgan fingerprint density at radius 2 is 1.52 bits per heavy atom. The zero-order valence-electron chi connectivity index (χ0n) is 17.5. The van der Waals surface area contributed by atoms with E-state index in [4.69, 9.17) is 0 Å². The van der Waals surface area contributed by atoms with Gasteiger partial charge in [0, 0.05) is 54.9 Å². The van der Waals surface area contributed by atoms with Crippen LogP contribution in [0.5, 0.6) is 0 Å². The molecule has 1 N–H and O–H groups in total. The summed E-state index contributed by atoms with van der Waals surface area (Å²) in [6, 6.07) is 12.3. The zero-order valence-corrected chi connectivity index (χ0v) is 17.5. The summed E-state index contributed by atoms with van der Waals surface area (Å²) in [4.78, 5) is 29.2. The van der Waals surface area contributed by atoms with Gasteiger partial charge in [-0.15, -0.1) is 0 Å². The van der Waals surface area contributed by atoms with Crippen molar-refractivity contribution in [3.63, 3.8) is 0 Å². The number of hydrogen-bond acceptors (Lipinski definition) is 3. The van der Waals surface area contributed by atoms with Gasteiger partial charge in [0.2, 0.25) is 5.91 Å². The Hall–Kier alpha value is -2.60. The fraction of sp³-hybridized carbons (Fsp3) is 0.478. The van der Waals surface area contributed by atoms with E-state index in [1.165, 1.54) is 11.4 Å². The summed E-state index contributed by atoms with van der Waals surface area (Å²) in [7, 11) is 0. The molecule has 1 aromatic carbocycles. The van der Waals surface area contributed by atoms with E-state index in [0.717, 1.165) is 31.6 Å². The van der Waals surface area contributed by atoms with Gasteiger partial charge < -0.3 is 14.8 Å². The zero-order chi connectivity index (χ0) is 20.5. The molecule has 2 fully saturated rings. The molecule has 2 aliphatic rings. The van der Waals surface area contributed by atoms with Gasteiger partial charge in [-0.1, -0.05) is 0 Å². The molecule has 2 aromatic rings. The van der Waals surface area contributed by atoms with E-state index in [2.05, 4.69) is 40.8 Å². The van der Waals surface area contributed by atoms with E-state index in [0.29, 0.717) is 24.7 Å². The first-order valence-electron chi connectivity index (χ1n) is 10.5. The number of piperazine rings is 1. The highest BCUT2D eigenvalue weighted by Crippen LogP contribution is 2.20. The lowest BCUT2D eigenvalue weighted by atomic mass is 10.1. The number of aromatic nitrogens is 1. The van der Waals surface area contributed by atoms with E-state index in [-0.39, 0.29) is 17.9 Å². The number of nitrogens with one attached hydrogen (secondary N) is 1. The summed E-state index contributed by atoms with van der Waals surface area (Å²) in [5.41, 5.74) is 4.14. The molecule has 1 atom stereocenters. The number of hydrogen-bond donors (Lipinski definition) is 1. The molecule has 6 heteroatoms. The number of benzene rings is 1. The van der Waals surface area contributed by atoms with Crippen LogP contribution < -0.4 is 5.32 Å². The summed E-state index contributed by atoms with van der Waals surface area (Å²) >= 11 is 0. The molecule has 1 unspecified atom stereocenters. The van der Waals surface area contributed by atoms with Crippen molar-refractivity contribution >= 4 is 11.8 Å².